The summed E-state index contributed by atoms with van der Waals surface area (Å²) in [6.07, 6.45) is 3.20. The van der Waals surface area contributed by atoms with Crippen LogP contribution in [0.15, 0.2) is 30.5 Å². The highest BCUT2D eigenvalue weighted by Crippen LogP contribution is 2.28. The van der Waals surface area contributed by atoms with Crippen molar-refractivity contribution in [3.8, 4) is 11.8 Å². The number of hydrogen-bond donors (Lipinski definition) is 1. The van der Waals surface area contributed by atoms with Gasteiger partial charge in [-0.2, -0.15) is 5.26 Å². The van der Waals surface area contributed by atoms with Crippen LogP contribution in [0.4, 0.5) is 0 Å². The van der Waals surface area contributed by atoms with Gasteiger partial charge in [0.1, 0.15) is 24.0 Å². The molecule has 4 nitrogen and oxygen atoms in total. The number of aromatic nitrogens is 1. The van der Waals surface area contributed by atoms with Crippen LogP contribution in [0.2, 0.25) is 0 Å². The minimum Gasteiger partial charge on any atom is -0.490 e. The van der Waals surface area contributed by atoms with Crippen molar-refractivity contribution in [3.63, 3.8) is 0 Å². The van der Waals surface area contributed by atoms with E-state index >= 15 is 0 Å². The lowest BCUT2D eigenvalue weighted by Crippen LogP contribution is -2.44. The number of para-hydroxylation sites is 1. The van der Waals surface area contributed by atoms with Crippen LogP contribution in [-0.2, 0) is 0 Å². The van der Waals surface area contributed by atoms with Gasteiger partial charge in [0.15, 0.2) is 0 Å². The minimum atomic E-state index is -0.364. The first-order valence-corrected chi connectivity index (χ1v) is 6.83. The molecule has 0 radical (unpaired) electrons. The monoisotopic (exact) mass is 269 g/mol. The van der Waals surface area contributed by atoms with Gasteiger partial charge in [-0.15, -0.1) is 0 Å². The van der Waals surface area contributed by atoms with Gasteiger partial charge in [0.25, 0.3) is 0 Å². The zero-order valence-electron chi connectivity index (χ0n) is 11.9. The average molecular weight is 269 g/mol. The van der Waals surface area contributed by atoms with Gasteiger partial charge in [-0.1, -0.05) is 26.0 Å². The molecule has 2 rings (SSSR count). The molecule has 0 bridgehead atoms. The largest absolute Gasteiger partial charge is 0.490 e. The third kappa shape index (κ3) is 2.73. The number of pyridine rings is 1. The summed E-state index contributed by atoms with van der Waals surface area (Å²) >= 11 is 0. The van der Waals surface area contributed by atoms with Crippen molar-refractivity contribution in [2.45, 2.75) is 32.2 Å². The molecule has 4 heteroatoms. The summed E-state index contributed by atoms with van der Waals surface area (Å²) in [7, 11) is 0. The third-order valence-electron chi connectivity index (χ3n) is 3.76. The molecular weight excluding hydrogens is 250 g/mol. The first kappa shape index (κ1) is 14.3. The van der Waals surface area contributed by atoms with Gasteiger partial charge < -0.3 is 10.5 Å². The summed E-state index contributed by atoms with van der Waals surface area (Å²) in [5, 5.41) is 10.1. The molecule has 0 saturated heterocycles. The number of nitrogens with two attached hydrogens (primary N) is 1. The van der Waals surface area contributed by atoms with E-state index in [1.54, 1.807) is 6.20 Å². The Morgan fingerprint density at radius 2 is 2.00 bits per heavy atom. The fourth-order valence-corrected chi connectivity index (χ4v) is 2.02. The van der Waals surface area contributed by atoms with Gasteiger partial charge >= 0.3 is 0 Å². The van der Waals surface area contributed by atoms with Crippen LogP contribution in [0, 0.1) is 11.3 Å². The van der Waals surface area contributed by atoms with E-state index < -0.39 is 0 Å². The Bertz CT molecular complexity index is 642. The predicted octanol–water partition coefficient (Wildman–Crippen LogP) is 3.00. The van der Waals surface area contributed by atoms with Gasteiger partial charge in [0, 0.05) is 17.1 Å². The summed E-state index contributed by atoms with van der Waals surface area (Å²) in [5.41, 5.74) is 7.15. The molecule has 0 unspecified atom stereocenters. The maximum Gasteiger partial charge on any atom is 0.148 e. The second kappa shape index (κ2) is 5.89. The zero-order valence-corrected chi connectivity index (χ0v) is 11.9. The van der Waals surface area contributed by atoms with E-state index in [0.29, 0.717) is 17.9 Å². The quantitative estimate of drug-likeness (QED) is 0.905. The smallest absolute Gasteiger partial charge is 0.148 e. The van der Waals surface area contributed by atoms with E-state index in [2.05, 4.69) is 11.1 Å². The summed E-state index contributed by atoms with van der Waals surface area (Å²) in [6.45, 7) is 4.48. The van der Waals surface area contributed by atoms with Crippen molar-refractivity contribution < 1.29 is 4.74 Å². The normalized spacial score (nSPS) is 11.3. The number of nitrogens with zero attached hydrogens (tertiary/aromatic N) is 2. The standard InChI is InChI=1S/C16H19N3O/c1-3-16(18,4-2)11-20-15-12(9-17)10-19-14-8-6-5-7-13(14)15/h5-8,10H,3-4,11,18H2,1-2H3. The topological polar surface area (TPSA) is 71.9 Å². The summed E-state index contributed by atoms with van der Waals surface area (Å²) in [5.74, 6) is 0.579. The van der Waals surface area contributed by atoms with Crippen molar-refractivity contribution in [2.24, 2.45) is 5.73 Å². The lowest BCUT2D eigenvalue weighted by Gasteiger charge is -2.27. The number of hydrogen-bond acceptors (Lipinski definition) is 4. The van der Waals surface area contributed by atoms with E-state index in [4.69, 9.17) is 10.5 Å². The lowest BCUT2D eigenvalue weighted by molar-refractivity contribution is 0.208. The molecule has 0 saturated carbocycles. The molecule has 1 heterocycles. The number of ether oxygens (including phenoxy) is 1. The van der Waals surface area contributed by atoms with Crippen molar-refractivity contribution in [1.82, 2.24) is 4.98 Å². The predicted molar refractivity (Wildman–Crippen MR) is 79.5 cm³/mol. The van der Waals surface area contributed by atoms with Crippen LogP contribution in [-0.4, -0.2) is 17.1 Å². The first-order chi connectivity index (χ1) is 9.63. The molecule has 104 valence electrons. The highest BCUT2D eigenvalue weighted by Gasteiger charge is 2.22. The highest BCUT2D eigenvalue weighted by molar-refractivity contribution is 5.87. The van der Waals surface area contributed by atoms with Gasteiger partial charge in [-0.25, -0.2) is 0 Å². The summed E-state index contributed by atoms with van der Waals surface area (Å²) < 4.78 is 5.90. The maximum atomic E-state index is 9.22. The van der Waals surface area contributed by atoms with E-state index in [1.807, 2.05) is 38.1 Å². The van der Waals surface area contributed by atoms with Crippen LogP contribution in [0.3, 0.4) is 0 Å². The zero-order chi connectivity index (χ0) is 14.6. The molecule has 0 aliphatic carbocycles. The van der Waals surface area contributed by atoms with Crippen LogP contribution < -0.4 is 10.5 Å². The lowest BCUT2D eigenvalue weighted by atomic mass is 9.95. The van der Waals surface area contributed by atoms with E-state index in [1.165, 1.54) is 0 Å². The molecule has 0 spiro atoms. The summed E-state index contributed by atoms with van der Waals surface area (Å²) in [4.78, 5) is 4.26. The highest BCUT2D eigenvalue weighted by atomic mass is 16.5. The van der Waals surface area contributed by atoms with Crippen LogP contribution >= 0.6 is 0 Å². The molecule has 0 atom stereocenters. The fourth-order valence-electron chi connectivity index (χ4n) is 2.02. The molecule has 20 heavy (non-hydrogen) atoms. The molecular formula is C16H19N3O. The van der Waals surface area contributed by atoms with E-state index in [9.17, 15) is 5.26 Å². The van der Waals surface area contributed by atoms with Crippen LogP contribution in [0.5, 0.6) is 5.75 Å². The Balaban J connectivity index is 2.40. The minimum absolute atomic E-state index is 0.364. The molecule has 1 aromatic heterocycles. The Morgan fingerprint density at radius 1 is 1.30 bits per heavy atom. The molecule has 0 amide bonds. The molecule has 2 aromatic rings. The second-order valence-corrected chi connectivity index (χ2v) is 4.99. The van der Waals surface area contributed by atoms with Gasteiger partial charge in [0.05, 0.1) is 5.52 Å². The van der Waals surface area contributed by atoms with Crippen LogP contribution in [0.1, 0.15) is 32.3 Å². The van der Waals surface area contributed by atoms with E-state index in [0.717, 1.165) is 23.7 Å². The molecule has 0 aliphatic rings. The number of rotatable bonds is 5. The Morgan fingerprint density at radius 3 is 2.65 bits per heavy atom. The van der Waals surface area contributed by atoms with E-state index in [-0.39, 0.29) is 5.54 Å². The van der Waals surface area contributed by atoms with Crippen molar-refractivity contribution >= 4 is 10.9 Å². The third-order valence-corrected chi connectivity index (χ3v) is 3.76. The summed E-state index contributed by atoms with van der Waals surface area (Å²) in [6, 6.07) is 9.77. The second-order valence-electron chi connectivity index (χ2n) is 4.99. The average Bonchev–Trinajstić information content (AvgIpc) is 2.52. The van der Waals surface area contributed by atoms with Crippen molar-refractivity contribution in [3.05, 3.63) is 36.0 Å². The number of benzene rings is 1. The Hall–Kier alpha value is -2.12. The van der Waals surface area contributed by atoms with Crippen molar-refractivity contribution in [2.75, 3.05) is 6.61 Å². The molecule has 0 aliphatic heterocycles. The SMILES string of the molecule is CCC(N)(CC)COc1c(C#N)cnc2ccccc12. The number of fused-ring (bicyclic) bond motifs is 1. The maximum absolute atomic E-state index is 9.22. The van der Waals surface area contributed by atoms with Gasteiger partial charge in [-0.05, 0) is 25.0 Å². The number of nitriles is 1. The molecule has 2 N–H and O–H groups in total. The fraction of sp³-hybridized carbons (Fsp3) is 0.375. The van der Waals surface area contributed by atoms with Gasteiger partial charge in [0.2, 0.25) is 0 Å². The Kier molecular flexibility index (Phi) is 4.21. The van der Waals surface area contributed by atoms with Crippen LogP contribution in [0.25, 0.3) is 10.9 Å². The Labute approximate surface area is 119 Å². The molecule has 1 aromatic carbocycles. The van der Waals surface area contributed by atoms with Crippen molar-refractivity contribution in [1.29, 1.82) is 5.26 Å². The molecule has 0 fully saturated rings. The first-order valence-electron chi connectivity index (χ1n) is 6.83. The van der Waals surface area contributed by atoms with Gasteiger partial charge in [-0.3, -0.25) is 4.98 Å².